The van der Waals surface area contributed by atoms with Gasteiger partial charge in [0.2, 0.25) is 5.91 Å². The molecule has 0 aliphatic rings. The van der Waals surface area contributed by atoms with Crippen LogP contribution in [-0.2, 0) is 4.79 Å². The summed E-state index contributed by atoms with van der Waals surface area (Å²) in [5.74, 6) is 0.190. The molecule has 0 heterocycles. The first kappa shape index (κ1) is 13.6. The number of thioether (sulfide) groups is 1. The first-order valence-electron chi connectivity index (χ1n) is 3.99. The van der Waals surface area contributed by atoms with Crippen molar-refractivity contribution in [3.8, 4) is 0 Å². The van der Waals surface area contributed by atoms with Crippen molar-refractivity contribution in [2.45, 2.75) is 6.18 Å². The van der Waals surface area contributed by atoms with Gasteiger partial charge in [-0.25, -0.2) is 0 Å². The number of hydrogen-bond acceptors (Lipinski definition) is 3. The molecule has 84 valence electrons. The summed E-state index contributed by atoms with van der Waals surface area (Å²) in [6.07, 6.45) is -2.43. The number of carbonyl (C=O) groups excluding carboxylic acids is 1. The van der Waals surface area contributed by atoms with Crippen LogP contribution in [-0.4, -0.2) is 43.7 Å². The molecule has 0 aliphatic heterocycles. The quantitative estimate of drug-likeness (QED) is 0.657. The molecule has 0 saturated heterocycles. The lowest BCUT2D eigenvalue weighted by Crippen LogP contribution is -2.39. The van der Waals surface area contributed by atoms with Gasteiger partial charge >= 0.3 is 6.18 Å². The molecule has 0 atom stereocenters. The summed E-state index contributed by atoms with van der Waals surface area (Å²) < 4.78 is 34.9. The van der Waals surface area contributed by atoms with Crippen LogP contribution in [0.15, 0.2) is 0 Å². The molecule has 0 aromatic rings. The van der Waals surface area contributed by atoms with Gasteiger partial charge in [0.25, 0.3) is 0 Å². The van der Waals surface area contributed by atoms with Crippen LogP contribution in [0.5, 0.6) is 0 Å². The van der Waals surface area contributed by atoms with Crippen molar-refractivity contribution in [2.24, 2.45) is 0 Å². The topological polar surface area (TPSA) is 41.1 Å². The maximum absolute atomic E-state index is 11.6. The fourth-order valence-corrected chi connectivity index (χ4v) is 0.986. The predicted molar refractivity (Wildman–Crippen MR) is 50.3 cm³/mol. The second kappa shape index (κ2) is 6.94. The lowest BCUT2D eigenvalue weighted by atomic mass is 10.5. The number of hydrogen-bond donors (Lipinski definition) is 2. The fourth-order valence-electron chi connectivity index (χ4n) is 0.637. The molecule has 0 aromatic carbocycles. The van der Waals surface area contributed by atoms with Crippen LogP contribution in [0.3, 0.4) is 0 Å². The van der Waals surface area contributed by atoms with Crippen molar-refractivity contribution in [2.75, 3.05) is 31.6 Å². The van der Waals surface area contributed by atoms with Crippen LogP contribution < -0.4 is 10.6 Å². The predicted octanol–water partition coefficient (Wildman–Crippen LogP) is 0.617. The molecule has 0 fully saturated rings. The van der Waals surface area contributed by atoms with Crippen LogP contribution in [0.25, 0.3) is 0 Å². The highest BCUT2D eigenvalue weighted by atomic mass is 32.2. The summed E-state index contributed by atoms with van der Waals surface area (Å²) in [5.41, 5.74) is 0. The second-order valence-electron chi connectivity index (χ2n) is 2.56. The Morgan fingerprint density at radius 1 is 1.43 bits per heavy atom. The lowest BCUT2D eigenvalue weighted by Gasteiger charge is -2.08. The Bertz CT molecular complexity index is 175. The largest absolute Gasteiger partial charge is 0.405 e. The Kier molecular flexibility index (Phi) is 6.73. The molecular weight excluding hydrogens is 217 g/mol. The number of rotatable bonds is 6. The van der Waals surface area contributed by atoms with E-state index in [9.17, 15) is 18.0 Å². The van der Waals surface area contributed by atoms with Gasteiger partial charge in [-0.1, -0.05) is 0 Å². The second-order valence-corrected chi connectivity index (χ2v) is 3.55. The normalized spacial score (nSPS) is 11.4. The average Bonchev–Trinajstić information content (AvgIpc) is 2.08. The number of carbonyl (C=O) groups is 1. The molecule has 0 bridgehead atoms. The van der Waals surface area contributed by atoms with E-state index in [1.807, 2.05) is 6.26 Å². The maximum Gasteiger partial charge on any atom is 0.405 e. The number of alkyl halides is 3. The van der Waals surface area contributed by atoms with E-state index >= 15 is 0 Å². The summed E-state index contributed by atoms with van der Waals surface area (Å²) in [6, 6.07) is 0. The highest BCUT2D eigenvalue weighted by molar-refractivity contribution is 7.98. The summed E-state index contributed by atoms with van der Waals surface area (Å²) in [7, 11) is 0. The maximum atomic E-state index is 11.6. The van der Waals surface area contributed by atoms with Gasteiger partial charge in [-0.05, 0) is 6.26 Å². The van der Waals surface area contributed by atoms with Gasteiger partial charge in [-0.2, -0.15) is 24.9 Å². The van der Waals surface area contributed by atoms with Gasteiger partial charge in [0, 0.05) is 12.3 Å². The van der Waals surface area contributed by atoms with E-state index in [2.05, 4.69) is 5.32 Å². The minimum absolute atomic E-state index is 0.0728. The molecule has 0 aromatic heterocycles. The molecule has 7 heteroatoms. The van der Waals surface area contributed by atoms with Gasteiger partial charge in [-0.3, -0.25) is 4.79 Å². The smallest absolute Gasteiger partial charge is 0.346 e. The number of amides is 1. The van der Waals surface area contributed by atoms with Crippen LogP contribution in [0.4, 0.5) is 13.2 Å². The van der Waals surface area contributed by atoms with Crippen LogP contribution in [0.2, 0.25) is 0 Å². The first-order valence-corrected chi connectivity index (χ1v) is 5.38. The third kappa shape index (κ3) is 9.66. The van der Waals surface area contributed by atoms with Gasteiger partial charge in [0.15, 0.2) is 0 Å². The minimum Gasteiger partial charge on any atom is -0.346 e. The van der Waals surface area contributed by atoms with E-state index in [1.165, 1.54) is 0 Å². The van der Waals surface area contributed by atoms with Gasteiger partial charge < -0.3 is 10.6 Å². The van der Waals surface area contributed by atoms with Gasteiger partial charge in [0.1, 0.15) is 6.54 Å². The van der Waals surface area contributed by atoms with Crippen LogP contribution >= 0.6 is 11.8 Å². The lowest BCUT2D eigenvalue weighted by molar-refractivity contribution is -0.137. The fraction of sp³-hybridized carbons (Fsp3) is 0.857. The number of halogens is 3. The summed E-state index contributed by atoms with van der Waals surface area (Å²) in [4.78, 5) is 10.8. The minimum atomic E-state index is -4.34. The number of nitrogens with one attached hydrogen (secondary N) is 2. The first-order chi connectivity index (χ1) is 6.45. The SMILES string of the molecule is CSCCNCC(=O)NCC(F)(F)F. The van der Waals surface area contributed by atoms with Crippen molar-refractivity contribution in [3.63, 3.8) is 0 Å². The van der Waals surface area contributed by atoms with E-state index < -0.39 is 18.6 Å². The molecule has 1 amide bonds. The molecule has 0 aliphatic carbocycles. The van der Waals surface area contributed by atoms with E-state index in [1.54, 1.807) is 17.1 Å². The van der Waals surface area contributed by atoms with Gasteiger partial charge in [0.05, 0.1) is 6.54 Å². The summed E-state index contributed by atoms with van der Waals surface area (Å²) >= 11 is 1.60. The molecule has 0 rings (SSSR count). The molecule has 0 unspecified atom stereocenters. The molecule has 0 saturated carbocycles. The summed E-state index contributed by atoms with van der Waals surface area (Å²) in [6.45, 7) is -0.729. The van der Waals surface area contributed by atoms with E-state index in [-0.39, 0.29) is 6.54 Å². The van der Waals surface area contributed by atoms with Crippen molar-refractivity contribution in [1.82, 2.24) is 10.6 Å². The average molecular weight is 230 g/mol. The Morgan fingerprint density at radius 2 is 2.07 bits per heavy atom. The third-order valence-electron chi connectivity index (χ3n) is 1.25. The zero-order valence-corrected chi connectivity index (χ0v) is 8.60. The molecular formula is C7H13F3N2OS. The highest BCUT2D eigenvalue weighted by Crippen LogP contribution is 2.11. The molecule has 14 heavy (non-hydrogen) atoms. The van der Waals surface area contributed by atoms with Crippen molar-refractivity contribution >= 4 is 17.7 Å². The zero-order chi connectivity index (χ0) is 11.0. The molecule has 0 spiro atoms. The Balaban J connectivity index is 3.38. The zero-order valence-electron chi connectivity index (χ0n) is 7.78. The van der Waals surface area contributed by atoms with Crippen LogP contribution in [0, 0.1) is 0 Å². The molecule has 3 nitrogen and oxygen atoms in total. The van der Waals surface area contributed by atoms with E-state index in [0.717, 1.165) is 5.75 Å². The summed E-state index contributed by atoms with van der Waals surface area (Å²) in [5, 5.41) is 4.49. The van der Waals surface area contributed by atoms with Crippen molar-refractivity contribution in [3.05, 3.63) is 0 Å². The highest BCUT2D eigenvalue weighted by Gasteiger charge is 2.27. The molecule has 2 N–H and O–H groups in total. The van der Waals surface area contributed by atoms with Crippen molar-refractivity contribution < 1.29 is 18.0 Å². The monoisotopic (exact) mass is 230 g/mol. The Morgan fingerprint density at radius 3 is 2.57 bits per heavy atom. The molecule has 0 radical (unpaired) electrons. The van der Waals surface area contributed by atoms with E-state index in [0.29, 0.717) is 6.54 Å². The van der Waals surface area contributed by atoms with Crippen molar-refractivity contribution in [1.29, 1.82) is 0 Å². The Labute approximate surface area is 84.8 Å². The van der Waals surface area contributed by atoms with E-state index in [4.69, 9.17) is 0 Å². The standard InChI is InChI=1S/C7H13F3N2OS/c1-14-3-2-11-4-6(13)12-5-7(8,9)10/h11H,2-5H2,1H3,(H,12,13). The third-order valence-corrected chi connectivity index (χ3v) is 1.87. The van der Waals surface area contributed by atoms with Gasteiger partial charge in [-0.15, -0.1) is 0 Å². The van der Waals surface area contributed by atoms with Crippen LogP contribution in [0.1, 0.15) is 0 Å². The Hall–Kier alpha value is -0.430.